The van der Waals surface area contributed by atoms with E-state index in [2.05, 4.69) is 9.97 Å². The number of piperidine rings is 1. The van der Waals surface area contributed by atoms with Gasteiger partial charge in [0.2, 0.25) is 5.95 Å². The van der Waals surface area contributed by atoms with Crippen molar-refractivity contribution < 1.29 is 18.7 Å². The highest BCUT2D eigenvalue weighted by Gasteiger charge is 2.57. The molecular weight excluding hydrogens is 367 g/mol. The van der Waals surface area contributed by atoms with Crippen molar-refractivity contribution >= 4 is 23.7 Å². The quantitative estimate of drug-likeness (QED) is 0.721. The van der Waals surface area contributed by atoms with Crippen LogP contribution in [0.4, 0.5) is 21.0 Å². The summed E-state index contributed by atoms with van der Waals surface area (Å²) in [6.07, 6.45) is 1.95. The van der Waals surface area contributed by atoms with Crippen LogP contribution in [0.3, 0.4) is 0 Å². The number of nitrogen functional groups attached to an aromatic ring is 1. The smallest absolute Gasteiger partial charge is 0.327 e. The average Bonchev–Trinajstić information content (AvgIpc) is 2.84. The summed E-state index contributed by atoms with van der Waals surface area (Å²) in [5.74, 6) is -0.476. The number of aromatic nitrogens is 2. The van der Waals surface area contributed by atoms with Crippen molar-refractivity contribution in [2.24, 2.45) is 5.92 Å². The zero-order chi connectivity index (χ0) is 20.5. The van der Waals surface area contributed by atoms with Gasteiger partial charge in [0.1, 0.15) is 5.54 Å². The summed E-state index contributed by atoms with van der Waals surface area (Å²) in [6, 6.07) is -0.258. The molecule has 1 aromatic rings. The van der Waals surface area contributed by atoms with Crippen molar-refractivity contribution in [3.05, 3.63) is 12.0 Å². The lowest BCUT2D eigenvalue weighted by molar-refractivity contribution is -0.134. The maximum absolute atomic E-state index is 13.3. The molecule has 1 spiro atoms. The Bertz CT molecular complexity index is 751. The fourth-order valence-electron chi connectivity index (χ4n) is 3.86. The van der Waals surface area contributed by atoms with Crippen molar-refractivity contribution in [3.8, 4) is 0 Å². The molecule has 0 atom stereocenters. The molecule has 28 heavy (non-hydrogen) atoms. The number of imide groups is 1. The third kappa shape index (κ3) is 3.48. The number of rotatable bonds is 6. The Balaban J connectivity index is 1.81. The average molecular weight is 394 g/mol. The Hall–Kier alpha value is -2.49. The van der Waals surface area contributed by atoms with Crippen LogP contribution in [0.2, 0.25) is 0 Å². The van der Waals surface area contributed by atoms with Crippen molar-refractivity contribution in [1.82, 2.24) is 19.8 Å². The summed E-state index contributed by atoms with van der Waals surface area (Å²) in [5, 5.41) is 0. The van der Waals surface area contributed by atoms with E-state index >= 15 is 0 Å². The van der Waals surface area contributed by atoms with E-state index in [0.717, 1.165) is 6.20 Å². The molecule has 0 aliphatic carbocycles. The van der Waals surface area contributed by atoms with Crippen LogP contribution in [-0.2, 0) is 9.53 Å². The first-order valence-electron chi connectivity index (χ1n) is 9.45. The number of hydrogen-bond donors (Lipinski definition) is 1. The van der Waals surface area contributed by atoms with Gasteiger partial charge >= 0.3 is 6.03 Å². The summed E-state index contributed by atoms with van der Waals surface area (Å²) in [5.41, 5.74) is 4.68. The largest absolute Gasteiger partial charge is 0.383 e. The maximum atomic E-state index is 13.3. The summed E-state index contributed by atoms with van der Waals surface area (Å²) < 4.78 is 18.4. The van der Waals surface area contributed by atoms with E-state index in [9.17, 15) is 14.0 Å². The van der Waals surface area contributed by atoms with Crippen LogP contribution in [0.5, 0.6) is 0 Å². The number of nitrogens with two attached hydrogens (primary N) is 1. The molecule has 3 heterocycles. The monoisotopic (exact) mass is 394 g/mol. The van der Waals surface area contributed by atoms with Gasteiger partial charge in [-0.1, -0.05) is 13.8 Å². The van der Waals surface area contributed by atoms with E-state index in [1.54, 1.807) is 12.0 Å². The molecular formula is C18H27FN6O3. The number of urea groups is 1. The van der Waals surface area contributed by atoms with Crippen molar-refractivity contribution in [1.29, 1.82) is 0 Å². The van der Waals surface area contributed by atoms with Gasteiger partial charge in [0.15, 0.2) is 11.6 Å². The second-order valence-corrected chi connectivity index (χ2v) is 7.66. The van der Waals surface area contributed by atoms with Gasteiger partial charge in [-0.15, -0.1) is 0 Å². The van der Waals surface area contributed by atoms with Crippen LogP contribution < -0.4 is 10.6 Å². The van der Waals surface area contributed by atoms with Gasteiger partial charge in [-0.25, -0.2) is 14.2 Å². The number of halogens is 1. The minimum Gasteiger partial charge on any atom is -0.383 e. The Labute approximate surface area is 163 Å². The number of nitrogens with zero attached hydrogens (tertiary/aromatic N) is 5. The van der Waals surface area contributed by atoms with Gasteiger partial charge in [-0.05, 0) is 18.8 Å². The zero-order valence-corrected chi connectivity index (χ0v) is 16.5. The second-order valence-electron chi connectivity index (χ2n) is 7.66. The maximum Gasteiger partial charge on any atom is 0.327 e. The number of carbonyl (C=O) groups excluding carboxylic acids is 2. The lowest BCUT2D eigenvalue weighted by Gasteiger charge is -2.42. The predicted molar refractivity (Wildman–Crippen MR) is 101 cm³/mol. The fraction of sp³-hybridized carbons (Fsp3) is 0.667. The molecule has 2 saturated heterocycles. The fourth-order valence-corrected chi connectivity index (χ4v) is 3.86. The molecule has 0 unspecified atom stereocenters. The Morgan fingerprint density at radius 3 is 2.57 bits per heavy atom. The zero-order valence-electron chi connectivity index (χ0n) is 16.5. The molecule has 2 aliphatic rings. The molecule has 0 aromatic carbocycles. The van der Waals surface area contributed by atoms with Crippen LogP contribution in [0.1, 0.15) is 26.7 Å². The van der Waals surface area contributed by atoms with E-state index in [-0.39, 0.29) is 30.2 Å². The molecule has 0 radical (unpaired) electrons. The first-order valence-corrected chi connectivity index (χ1v) is 9.45. The van der Waals surface area contributed by atoms with Gasteiger partial charge in [-0.2, -0.15) is 4.98 Å². The number of amides is 3. The molecule has 0 bridgehead atoms. The Morgan fingerprint density at radius 2 is 2.00 bits per heavy atom. The van der Waals surface area contributed by atoms with E-state index in [1.807, 2.05) is 18.7 Å². The first kappa shape index (κ1) is 20.2. The van der Waals surface area contributed by atoms with E-state index in [0.29, 0.717) is 45.0 Å². The first-order chi connectivity index (χ1) is 13.3. The molecule has 0 saturated carbocycles. The standard InChI is InChI=1S/C18H27FN6O3/c1-12(2)11-25-17(27)24(8-9-28-3)15(26)18(25)4-6-23(7-5-18)16-21-10-13(19)14(20)22-16/h10,12H,4-9,11H2,1-3H3,(H2,20,21,22). The molecule has 10 heteroatoms. The van der Waals surface area contributed by atoms with Crippen LogP contribution in [-0.4, -0.2) is 77.1 Å². The number of hydrogen-bond acceptors (Lipinski definition) is 7. The van der Waals surface area contributed by atoms with E-state index in [1.165, 1.54) is 4.90 Å². The van der Waals surface area contributed by atoms with Gasteiger partial charge in [0, 0.05) is 26.7 Å². The van der Waals surface area contributed by atoms with Crippen molar-refractivity contribution in [3.63, 3.8) is 0 Å². The topological polar surface area (TPSA) is 105 Å². The van der Waals surface area contributed by atoms with Gasteiger partial charge in [0.05, 0.1) is 19.3 Å². The normalized spacial score (nSPS) is 19.4. The molecule has 3 amide bonds. The number of anilines is 2. The highest BCUT2D eigenvalue weighted by atomic mass is 19.1. The van der Waals surface area contributed by atoms with Gasteiger partial charge in [0.25, 0.3) is 5.91 Å². The summed E-state index contributed by atoms with van der Waals surface area (Å²) >= 11 is 0. The van der Waals surface area contributed by atoms with Crippen LogP contribution in [0, 0.1) is 11.7 Å². The Morgan fingerprint density at radius 1 is 1.32 bits per heavy atom. The highest BCUT2D eigenvalue weighted by molar-refractivity contribution is 6.07. The van der Waals surface area contributed by atoms with Crippen LogP contribution >= 0.6 is 0 Å². The number of carbonyl (C=O) groups is 2. The number of methoxy groups -OCH3 is 1. The minimum atomic E-state index is -0.864. The lowest BCUT2D eigenvalue weighted by Crippen LogP contribution is -2.57. The van der Waals surface area contributed by atoms with E-state index in [4.69, 9.17) is 10.5 Å². The predicted octanol–water partition coefficient (Wildman–Crippen LogP) is 1.10. The SMILES string of the molecule is COCCN1C(=O)N(CC(C)C)C2(CCN(c3ncc(F)c(N)n3)CC2)C1=O. The van der Waals surface area contributed by atoms with Gasteiger partial charge < -0.3 is 20.3 Å². The molecule has 2 fully saturated rings. The summed E-state index contributed by atoms with van der Waals surface area (Å²) in [7, 11) is 1.54. The molecule has 3 rings (SSSR count). The van der Waals surface area contributed by atoms with Crippen molar-refractivity contribution in [2.75, 3.05) is 50.5 Å². The van der Waals surface area contributed by atoms with Crippen LogP contribution in [0.15, 0.2) is 6.20 Å². The number of ether oxygens (including phenoxy) is 1. The molecule has 9 nitrogen and oxygen atoms in total. The highest BCUT2D eigenvalue weighted by Crippen LogP contribution is 2.38. The Kier molecular flexibility index (Phi) is 5.69. The summed E-state index contributed by atoms with van der Waals surface area (Å²) in [6.45, 7) is 6.03. The third-order valence-electron chi connectivity index (χ3n) is 5.32. The molecule has 1 aromatic heterocycles. The van der Waals surface area contributed by atoms with E-state index < -0.39 is 11.4 Å². The molecule has 2 aliphatic heterocycles. The van der Waals surface area contributed by atoms with Crippen LogP contribution in [0.25, 0.3) is 0 Å². The third-order valence-corrected chi connectivity index (χ3v) is 5.32. The van der Waals surface area contributed by atoms with Gasteiger partial charge in [-0.3, -0.25) is 9.69 Å². The van der Waals surface area contributed by atoms with Crippen molar-refractivity contribution in [2.45, 2.75) is 32.2 Å². The minimum absolute atomic E-state index is 0.172. The molecule has 2 N–H and O–H groups in total. The lowest BCUT2D eigenvalue weighted by atomic mass is 9.85. The second kappa shape index (κ2) is 7.86. The molecule has 154 valence electrons. The summed E-state index contributed by atoms with van der Waals surface area (Å²) in [4.78, 5) is 39.0.